The van der Waals surface area contributed by atoms with E-state index in [1.165, 1.54) is 0 Å². The molecule has 0 saturated heterocycles. The molecule has 0 aromatic heterocycles. The second-order valence-corrected chi connectivity index (χ2v) is 6.01. The average Bonchev–Trinajstić information content (AvgIpc) is 2.45. The second kappa shape index (κ2) is 5.92. The van der Waals surface area contributed by atoms with Gasteiger partial charge in [-0.3, -0.25) is 10.1 Å². The van der Waals surface area contributed by atoms with Gasteiger partial charge in [-0.05, 0) is 42.7 Å². The molecule has 2 rings (SSSR count). The molecule has 0 aliphatic heterocycles. The van der Waals surface area contributed by atoms with Gasteiger partial charge in [0.2, 0.25) is 0 Å². The lowest BCUT2D eigenvalue weighted by molar-refractivity contribution is -0.385. The number of non-ortho nitro benzene ring substituents is 1. The third-order valence-electron chi connectivity index (χ3n) is 4.95. The van der Waals surface area contributed by atoms with Crippen LogP contribution in [0.4, 0.5) is 5.69 Å². The predicted octanol–water partition coefficient (Wildman–Crippen LogP) is 3.87. The lowest BCUT2D eigenvalue weighted by atomic mass is 9.54. The van der Waals surface area contributed by atoms with Crippen LogP contribution >= 0.6 is 0 Å². The molecule has 4 heteroatoms. The Labute approximate surface area is 120 Å². The minimum Gasteiger partial charge on any atom is -0.313 e. The largest absolute Gasteiger partial charge is 0.313 e. The Bertz CT molecular complexity index is 489. The number of nitrogens with zero attached hydrogens (tertiary/aromatic N) is 1. The molecule has 1 aliphatic rings. The number of nitro benzene ring substituents is 1. The standard InChI is InChI=1S/C16H24N2O2/c1-4-9-17-15-11-14(16(15,3)5-2)12-7-6-8-13(10-12)18(19)20/h6-8,10,14-15,17H,4-5,9,11H2,1-3H3. The van der Waals surface area contributed by atoms with E-state index < -0.39 is 0 Å². The number of benzene rings is 1. The maximum Gasteiger partial charge on any atom is 0.269 e. The fourth-order valence-corrected chi connectivity index (χ4v) is 3.36. The molecule has 0 heterocycles. The molecule has 0 amide bonds. The quantitative estimate of drug-likeness (QED) is 0.634. The van der Waals surface area contributed by atoms with E-state index in [0.717, 1.165) is 31.4 Å². The highest BCUT2D eigenvalue weighted by Gasteiger charge is 2.50. The van der Waals surface area contributed by atoms with Gasteiger partial charge in [0.1, 0.15) is 0 Å². The van der Waals surface area contributed by atoms with Crippen molar-refractivity contribution in [1.29, 1.82) is 0 Å². The Hall–Kier alpha value is -1.42. The van der Waals surface area contributed by atoms with Gasteiger partial charge in [-0.1, -0.05) is 32.9 Å². The minimum absolute atomic E-state index is 0.199. The van der Waals surface area contributed by atoms with Crippen molar-refractivity contribution in [2.24, 2.45) is 5.41 Å². The highest BCUT2D eigenvalue weighted by molar-refractivity contribution is 5.38. The number of rotatable bonds is 6. The first kappa shape index (κ1) is 15.0. The second-order valence-electron chi connectivity index (χ2n) is 6.01. The van der Waals surface area contributed by atoms with Gasteiger partial charge in [-0.25, -0.2) is 0 Å². The van der Waals surface area contributed by atoms with Gasteiger partial charge in [-0.2, -0.15) is 0 Å². The zero-order valence-corrected chi connectivity index (χ0v) is 12.6. The molecule has 1 N–H and O–H groups in total. The number of nitrogens with one attached hydrogen (secondary N) is 1. The normalized spacial score (nSPS) is 28.9. The van der Waals surface area contributed by atoms with Crippen LogP contribution < -0.4 is 5.32 Å². The maximum atomic E-state index is 10.9. The minimum atomic E-state index is -0.307. The van der Waals surface area contributed by atoms with Gasteiger partial charge < -0.3 is 5.32 Å². The summed E-state index contributed by atoms with van der Waals surface area (Å²) in [4.78, 5) is 10.6. The lowest BCUT2D eigenvalue weighted by Crippen LogP contribution is -2.56. The fourth-order valence-electron chi connectivity index (χ4n) is 3.36. The topological polar surface area (TPSA) is 55.2 Å². The van der Waals surface area contributed by atoms with Gasteiger partial charge in [0.15, 0.2) is 0 Å². The molecule has 0 bridgehead atoms. The zero-order chi connectivity index (χ0) is 14.8. The summed E-state index contributed by atoms with van der Waals surface area (Å²) >= 11 is 0. The number of hydrogen-bond donors (Lipinski definition) is 1. The van der Waals surface area contributed by atoms with E-state index in [1.54, 1.807) is 18.2 Å². The Morgan fingerprint density at radius 1 is 1.45 bits per heavy atom. The van der Waals surface area contributed by atoms with Crippen LogP contribution in [0.1, 0.15) is 51.5 Å². The summed E-state index contributed by atoms with van der Waals surface area (Å²) in [6.07, 6.45) is 3.30. The molecular formula is C16H24N2O2. The summed E-state index contributed by atoms with van der Waals surface area (Å²) in [6.45, 7) is 7.73. The van der Waals surface area contributed by atoms with E-state index in [1.807, 2.05) is 6.07 Å². The van der Waals surface area contributed by atoms with Gasteiger partial charge in [-0.15, -0.1) is 0 Å². The predicted molar refractivity (Wildman–Crippen MR) is 80.9 cm³/mol. The first-order valence-electron chi connectivity index (χ1n) is 7.50. The highest BCUT2D eigenvalue weighted by Crippen LogP contribution is 2.55. The highest BCUT2D eigenvalue weighted by atomic mass is 16.6. The zero-order valence-electron chi connectivity index (χ0n) is 12.6. The molecule has 0 spiro atoms. The van der Waals surface area contributed by atoms with E-state index in [2.05, 4.69) is 26.1 Å². The average molecular weight is 276 g/mol. The van der Waals surface area contributed by atoms with Gasteiger partial charge >= 0.3 is 0 Å². The molecule has 0 radical (unpaired) electrons. The Morgan fingerprint density at radius 3 is 2.80 bits per heavy atom. The van der Waals surface area contributed by atoms with Gasteiger partial charge in [0.25, 0.3) is 5.69 Å². The molecule has 3 unspecified atom stereocenters. The van der Waals surface area contributed by atoms with Crippen molar-refractivity contribution in [3.63, 3.8) is 0 Å². The molecule has 3 atom stereocenters. The SMILES string of the molecule is CCCNC1CC(c2cccc([N+](=O)[O-])c2)C1(C)CC. The molecule has 1 aromatic rings. The van der Waals surface area contributed by atoms with Crippen molar-refractivity contribution in [1.82, 2.24) is 5.32 Å². The van der Waals surface area contributed by atoms with Crippen LogP contribution in [-0.4, -0.2) is 17.5 Å². The van der Waals surface area contributed by atoms with Crippen molar-refractivity contribution in [2.75, 3.05) is 6.54 Å². The summed E-state index contributed by atoms with van der Waals surface area (Å²) in [5, 5.41) is 14.5. The summed E-state index contributed by atoms with van der Waals surface area (Å²) in [6, 6.07) is 7.67. The van der Waals surface area contributed by atoms with Crippen molar-refractivity contribution >= 4 is 5.69 Å². The molecule has 20 heavy (non-hydrogen) atoms. The first-order chi connectivity index (χ1) is 9.52. The summed E-state index contributed by atoms with van der Waals surface area (Å²) < 4.78 is 0. The molecule has 1 fully saturated rings. The van der Waals surface area contributed by atoms with Crippen molar-refractivity contribution in [2.45, 2.75) is 52.0 Å². The smallest absolute Gasteiger partial charge is 0.269 e. The molecule has 1 aliphatic carbocycles. The summed E-state index contributed by atoms with van der Waals surface area (Å²) in [5.41, 5.74) is 1.51. The van der Waals surface area contributed by atoms with Crippen molar-refractivity contribution in [3.8, 4) is 0 Å². The molecule has 1 saturated carbocycles. The van der Waals surface area contributed by atoms with Gasteiger partial charge in [0, 0.05) is 18.2 Å². The third-order valence-corrected chi connectivity index (χ3v) is 4.95. The summed E-state index contributed by atoms with van der Waals surface area (Å²) in [5.74, 6) is 0.418. The van der Waals surface area contributed by atoms with Crippen LogP contribution in [-0.2, 0) is 0 Å². The van der Waals surface area contributed by atoms with E-state index in [-0.39, 0.29) is 16.0 Å². The fraction of sp³-hybridized carbons (Fsp3) is 0.625. The number of nitro groups is 1. The van der Waals surface area contributed by atoms with E-state index >= 15 is 0 Å². The molecule has 4 nitrogen and oxygen atoms in total. The third kappa shape index (κ3) is 2.57. The summed E-state index contributed by atoms with van der Waals surface area (Å²) in [7, 11) is 0. The van der Waals surface area contributed by atoms with Gasteiger partial charge in [0.05, 0.1) is 4.92 Å². The Balaban J connectivity index is 2.17. The molecular weight excluding hydrogens is 252 g/mol. The lowest BCUT2D eigenvalue weighted by Gasteiger charge is -2.55. The monoisotopic (exact) mass is 276 g/mol. The first-order valence-corrected chi connectivity index (χ1v) is 7.50. The van der Waals surface area contributed by atoms with Crippen molar-refractivity contribution in [3.05, 3.63) is 39.9 Å². The van der Waals surface area contributed by atoms with E-state index in [0.29, 0.717) is 12.0 Å². The Morgan fingerprint density at radius 2 is 2.20 bits per heavy atom. The molecule has 1 aromatic carbocycles. The van der Waals surface area contributed by atoms with Crippen LogP contribution in [0.3, 0.4) is 0 Å². The van der Waals surface area contributed by atoms with E-state index in [4.69, 9.17) is 0 Å². The molecule has 110 valence electrons. The maximum absolute atomic E-state index is 10.9. The van der Waals surface area contributed by atoms with Crippen LogP contribution in [0, 0.1) is 15.5 Å². The number of hydrogen-bond acceptors (Lipinski definition) is 3. The van der Waals surface area contributed by atoms with E-state index in [9.17, 15) is 10.1 Å². The van der Waals surface area contributed by atoms with Crippen LogP contribution in [0.25, 0.3) is 0 Å². The van der Waals surface area contributed by atoms with Crippen LogP contribution in [0.5, 0.6) is 0 Å². The van der Waals surface area contributed by atoms with Crippen LogP contribution in [0.15, 0.2) is 24.3 Å². The van der Waals surface area contributed by atoms with Crippen LogP contribution in [0.2, 0.25) is 0 Å². The Kier molecular flexibility index (Phi) is 4.43. The van der Waals surface area contributed by atoms with Crippen molar-refractivity contribution < 1.29 is 4.92 Å².